The Balaban J connectivity index is 0.00000990. The summed E-state index contributed by atoms with van der Waals surface area (Å²) in [5, 5.41) is 0.618. The summed E-state index contributed by atoms with van der Waals surface area (Å²) in [7, 11) is 0. The van der Waals surface area contributed by atoms with Gasteiger partial charge in [-0.15, -0.1) is 48.1 Å². The van der Waals surface area contributed by atoms with Gasteiger partial charge in [-0.2, -0.15) is 12.1 Å². The van der Waals surface area contributed by atoms with Gasteiger partial charge in [0.05, 0.1) is 20.6 Å². The van der Waals surface area contributed by atoms with E-state index in [4.69, 9.17) is 19.3 Å². The van der Waals surface area contributed by atoms with Gasteiger partial charge in [0.2, 0.25) is 0 Å². The van der Waals surface area contributed by atoms with Gasteiger partial charge in [0.25, 0.3) is 0 Å². The number of hydrogen-bond donors (Lipinski definition) is 0. The molecular formula is C78H81N4OPt-3. The Morgan fingerprint density at radius 1 is 0.536 bits per heavy atom. The smallest absolute Gasteiger partial charge is 0.135 e. The molecule has 0 fully saturated rings. The van der Waals surface area contributed by atoms with E-state index in [0.717, 1.165) is 24.0 Å². The van der Waals surface area contributed by atoms with E-state index in [1.165, 1.54) is 6.20 Å². The zero-order chi connectivity index (χ0) is 71.8. The first kappa shape index (κ1) is 42.6. The maximum absolute atomic E-state index is 10.5. The zero-order valence-electron chi connectivity index (χ0n) is 66.0. The molecule has 0 saturated carbocycles. The molecule has 2 aliphatic rings. The van der Waals surface area contributed by atoms with Crippen molar-refractivity contribution in [2.24, 2.45) is 0 Å². The van der Waals surface area contributed by atoms with Crippen LogP contribution in [0, 0.1) is 18.8 Å². The van der Waals surface area contributed by atoms with Gasteiger partial charge in [0, 0.05) is 78.0 Å². The van der Waals surface area contributed by atoms with E-state index in [-0.39, 0.29) is 114 Å². The van der Waals surface area contributed by atoms with Crippen LogP contribution < -0.4 is 14.5 Å². The van der Waals surface area contributed by atoms with Gasteiger partial charge >= 0.3 is 0 Å². The summed E-state index contributed by atoms with van der Waals surface area (Å²) in [5.41, 5.74) is 4.79. The molecule has 0 bridgehead atoms. The summed E-state index contributed by atoms with van der Waals surface area (Å²) in [6.45, 7) is 34.3. The van der Waals surface area contributed by atoms with Crippen LogP contribution in [0.5, 0.6) is 11.5 Å². The maximum atomic E-state index is 10.5. The molecule has 84 heavy (non-hydrogen) atoms. The van der Waals surface area contributed by atoms with Gasteiger partial charge in [0.1, 0.15) is 5.82 Å². The Bertz CT molecular complexity index is 5040. The van der Waals surface area contributed by atoms with Crippen LogP contribution in [0.4, 0.5) is 22.7 Å². The molecule has 0 radical (unpaired) electrons. The summed E-state index contributed by atoms with van der Waals surface area (Å²) in [6, 6.07) is 25.6. The largest absolute Gasteiger partial charge is 0.509 e. The number of anilines is 4. The van der Waals surface area contributed by atoms with Crippen molar-refractivity contribution in [1.82, 2.24) is 9.55 Å². The molecule has 6 heteroatoms. The molecule has 0 N–H and O–H groups in total. The van der Waals surface area contributed by atoms with Crippen LogP contribution in [-0.4, -0.2) is 9.55 Å². The zero-order valence-corrected chi connectivity index (χ0v) is 53.3. The minimum absolute atomic E-state index is 0. The first-order valence-electron chi connectivity index (χ1n) is 36.2. The van der Waals surface area contributed by atoms with Gasteiger partial charge in [-0.3, -0.25) is 0 Å². The fraction of sp³-hybridized carbons (Fsp3) is 0.308. The summed E-state index contributed by atoms with van der Waals surface area (Å²) >= 11 is 0. The molecule has 8 aromatic carbocycles. The van der Waals surface area contributed by atoms with Crippen molar-refractivity contribution >= 4 is 44.6 Å². The number of benzene rings is 8. The van der Waals surface area contributed by atoms with Crippen LogP contribution in [0.15, 0.2) is 170 Å². The van der Waals surface area contributed by atoms with Crippen LogP contribution in [0.2, 0.25) is 0 Å². The predicted octanol–water partition coefficient (Wildman–Crippen LogP) is 21.5. The molecule has 1 aliphatic heterocycles. The Labute approximate surface area is 536 Å². The van der Waals surface area contributed by atoms with Gasteiger partial charge in [-0.1, -0.05) is 213 Å². The van der Waals surface area contributed by atoms with Crippen LogP contribution in [0.1, 0.15) is 178 Å². The molecule has 3 heterocycles. The van der Waals surface area contributed by atoms with Crippen LogP contribution >= 0.6 is 0 Å². The molecular weight excluding hydrogens is 1200 g/mol. The number of ether oxygens (including phenoxy) is 1. The Kier molecular flexibility index (Phi) is 10.7. The minimum Gasteiger partial charge on any atom is -0.509 e. The molecule has 0 spiro atoms. The minimum atomic E-state index is -0.751. The van der Waals surface area contributed by atoms with Crippen molar-refractivity contribution in [3.8, 4) is 50.7 Å². The SMILES string of the molecule is [2H]c1c([2H])c([2H])c(-c2cnc(-n3c4[c-]c(Oc5[c-]c(N6[CH-]N(c7c(-c8c([2H])c([2H])c9c(c8[2H])C(C)(C)CCC9(C)C)cc(C(C)(C)C)cc7-c7c([2H])c([2H])c(C(C)(C)C)c([2H])c7C(C)(C)C)c7ccccc76)ccc5)ccc4c4c([2H])c([2H])c([2H])c([2H])c43)cc2C(C)(C)C)c([2H])c1[2H].[Pt]. The standard InChI is InChI=1S/C78H81N4O.Pt/c1-73(2,3)52-34-36-57(64(44-52)75(7,8)9)61-43-53(74(4,5)6)42-60(51-33-38-63-66(41-51)78(15,16)40-39-77(63,13)14)72(61)81-49-80(68-31-22-23-32-69(68)81)54-27-24-28-55(45-54)83-56-35-37-59-58-29-20-21-30-67(58)82(70(59)46-56)71-47-65(76(10,11)12)62(48-79-71)50-25-18-17-19-26-50;/h17-38,41-44,47-49H,39-40H2,1-16H3;/q-3;/i17D,18D,19D,20D,21D,25D,26D,29D,30D,33D,34D,36D,38D,41D,44D;. The summed E-state index contributed by atoms with van der Waals surface area (Å²) < 4.78 is 149. The van der Waals surface area contributed by atoms with Crippen molar-refractivity contribution in [3.63, 3.8) is 0 Å². The van der Waals surface area contributed by atoms with Gasteiger partial charge in [0.15, 0.2) is 0 Å². The normalized spacial score (nSPS) is 17.5. The average molecular weight is 1300 g/mol. The molecule has 10 aromatic rings. The van der Waals surface area contributed by atoms with Gasteiger partial charge in [-0.05, 0) is 137 Å². The fourth-order valence-corrected chi connectivity index (χ4v) is 11.6. The van der Waals surface area contributed by atoms with Crippen molar-refractivity contribution in [2.45, 2.75) is 156 Å². The van der Waals surface area contributed by atoms with E-state index in [1.807, 2.05) is 121 Å². The number of aromatic nitrogens is 2. The average Bonchev–Trinajstić information content (AvgIpc) is 1.65. The fourth-order valence-electron chi connectivity index (χ4n) is 11.6. The quantitative estimate of drug-likeness (QED) is 0.142. The van der Waals surface area contributed by atoms with Gasteiger partial charge < -0.3 is 19.1 Å². The molecule has 2 aromatic heterocycles. The molecule has 432 valence electrons. The number of para-hydroxylation sites is 3. The van der Waals surface area contributed by atoms with Crippen molar-refractivity contribution in [3.05, 3.63) is 222 Å². The van der Waals surface area contributed by atoms with Crippen LogP contribution in [-0.2, 0) is 53.6 Å². The molecule has 0 amide bonds. The third kappa shape index (κ3) is 10.6. The molecule has 0 unspecified atom stereocenters. The van der Waals surface area contributed by atoms with Crippen LogP contribution in [0.25, 0.3) is 61.0 Å². The van der Waals surface area contributed by atoms with E-state index in [0.29, 0.717) is 72.6 Å². The molecule has 0 atom stereocenters. The Hall–Kier alpha value is -7.20. The van der Waals surface area contributed by atoms with E-state index in [1.54, 1.807) is 28.8 Å². The first-order valence-corrected chi connectivity index (χ1v) is 28.7. The van der Waals surface area contributed by atoms with Crippen LogP contribution in [0.3, 0.4) is 0 Å². The third-order valence-electron chi connectivity index (χ3n) is 16.5. The Morgan fingerprint density at radius 3 is 1.87 bits per heavy atom. The first-order chi connectivity index (χ1) is 45.4. The van der Waals surface area contributed by atoms with E-state index in [2.05, 4.69) is 66.7 Å². The van der Waals surface area contributed by atoms with E-state index < -0.39 is 74.8 Å². The topological polar surface area (TPSA) is 33.5 Å². The van der Waals surface area contributed by atoms with Gasteiger partial charge in [-0.25, -0.2) is 4.98 Å². The number of nitrogens with zero attached hydrogens (tertiary/aromatic N) is 4. The molecule has 1 aliphatic carbocycles. The monoisotopic (exact) mass is 1300 g/mol. The van der Waals surface area contributed by atoms with E-state index in [9.17, 15) is 11.0 Å². The second-order valence-corrected chi connectivity index (χ2v) is 27.8. The summed E-state index contributed by atoms with van der Waals surface area (Å²) in [6.07, 6.45) is 2.97. The van der Waals surface area contributed by atoms with Crippen molar-refractivity contribution in [1.29, 1.82) is 0 Å². The summed E-state index contributed by atoms with van der Waals surface area (Å²) in [5.74, 6) is 0.639. The number of pyridine rings is 1. The molecule has 5 nitrogen and oxygen atoms in total. The third-order valence-corrected chi connectivity index (χ3v) is 16.5. The second kappa shape index (κ2) is 21.1. The molecule has 0 saturated heterocycles. The van der Waals surface area contributed by atoms with Crippen molar-refractivity contribution in [2.75, 3.05) is 9.80 Å². The summed E-state index contributed by atoms with van der Waals surface area (Å²) in [4.78, 5) is 8.81. The molecule has 12 rings (SSSR count). The number of rotatable bonds is 8. The van der Waals surface area contributed by atoms with Crippen molar-refractivity contribution < 1.29 is 46.4 Å². The number of hydrogen-bond acceptors (Lipinski definition) is 4. The predicted molar refractivity (Wildman–Crippen MR) is 351 cm³/mol. The van der Waals surface area contributed by atoms with E-state index >= 15 is 0 Å². The second-order valence-electron chi connectivity index (χ2n) is 27.8. The Morgan fingerprint density at radius 2 is 1.18 bits per heavy atom. The maximum Gasteiger partial charge on any atom is 0.135 e. The number of fused-ring (bicyclic) bond motifs is 5.